The Kier molecular flexibility index (Phi) is 4.68. The summed E-state index contributed by atoms with van der Waals surface area (Å²) in [7, 11) is 1.90. The number of rotatable bonds is 5. The molecule has 3 heterocycles. The maximum atomic E-state index is 12.3. The van der Waals surface area contributed by atoms with Crippen molar-refractivity contribution in [2.45, 2.75) is 6.42 Å². The molecular formula is C18H20N6O2. The van der Waals surface area contributed by atoms with Gasteiger partial charge in [0, 0.05) is 37.3 Å². The molecule has 0 saturated carbocycles. The molecule has 0 unspecified atom stereocenters. The van der Waals surface area contributed by atoms with Crippen LogP contribution in [-0.4, -0.2) is 68.3 Å². The van der Waals surface area contributed by atoms with Crippen LogP contribution in [0.25, 0.3) is 22.3 Å². The average molecular weight is 352 g/mol. The molecule has 0 bridgehead atoms. The van der Waals surface area contributed by atoms with E-state index >= 15 is 0 Å². The van der Waals surface area contributed by atoms with Crippen molar-refractivity contribution >= 4 is 16.7 Å². The quantitative estimate of drug-likeness (QED) is 0.673. The number of carbonyl (C=O) groups is 1. The van der Waals surface area contributed by atoms with Crippen LogP contribution in [0.1, 0.15) is 5.82 Å². The van der Waals surface area contributed by atoms with E-state index in [-0.39, 0.29) is 12.2 Å². The molecule has 1 aromatic carbocycles. The summed E-state index contributed by atoms with van der Waals surface area (Å²) < 4.78 is 7.17. The molecule has 26 heavy (non-hydrogen) atoms. The number of nitrogens with zero attached hydrogens (tertiary/aromatic N) is 6. The second-order valence-corrected chi connectivity index (χ2v) is 6.43. The highest BCUT2D eigenvalue weighted by Crippen LogP contribution is 2.21. The number of hydrogen-bond donors (Lipinski definition) is 0. The predicted octanol–water partition coefficient (Wildman–Crippen LogP) is 0.869. The molecule has 1 saturated heterocycles. The molecule has 2 aromatic heterocycles. The predicted molar refractivity (Wildman–Crippen MR) is 95.5 cm³/mol. The van der Waals surface area contributed by atoms with E-state index in [1.54, 1.807) is 12.5 Å². The van der Waals surface area contributed by atoms with Crippen molar-refractivity contribution in [2.75, 3.05) is 32.8 Å². The molecule has 0 aliphatic carbocycles. The number of carbonyl (C=O) groups excluding carboxylic acids is 1. The van der Waals surface area contributed by atoms with E-state index in [1.165, 1.54) is 0 Å². The van der Waals surface area contributed by atoms with Gasteiger partial charge in [-0.3, -0.25) is 9.69 Å². The Hall–Kier alpha value is -2.71. The van der Waals surface area contributed by atoms with E-state index in [9.17, 15) is 4.79 Å². The summed E-state index contributed by atoms with van der Waals surface area (Å²) in [6.07, 6.45) is 3.66. The number of aromatic nitrogens is 5. The first-order valence-corrected chi connectivity index (χ1v) is 8.61. The van der Waals surface area contributed by atoms with E-state index in [1.807, 2.05) is 29.8 Å². The zero-order chi connectivity index (χ0) is 17.9. The molecule has 0 atom stereocenters. The molecule has 0 spiro atoms. The van der Waals surface area contributed by atoms with Crippen LogP contribution in [0.2, 0.25) is 0 Å². The van der Waals surface area contributed by atoms with Gasteiger partial charge in [-0.2, -0.15) is 0 Å². The molecule has 8 heteroatoms. The summed E-state index contributed by atoms with van der Waals surface area (Å²) in [5.74, 6) is 1.44. The number of fused-ring (bicyclic) bond motifs is 1. The SMILES string of the molecule is Cn1cnnc1-c1ccc2cnc(CC(=O)CN3CCOCC3)nc2c1. The molecule has 0 N–H and O–H groups in total. The Morgan fingerprint density at radius 2 is 2.12 bits per heavy atom. The van der Waals surface area contributed by atoms with Gasteiger partial charge in [0.15, 0.2) is 11.6 Å². The highest BCUT2D eigenvalue weighted by Gasteiger charge is 2.15. The Morgan fingerprint density at radius 1 is 1.27 bits per heavy atom. The van der Waals surface area contributed by atoms with Crippen molar-refractivity contribution in [3.63, 3.8) is 0 Å². The second kappa shape index (κ2) is 7.27. The van der Waals surface area contributed by atoms with Crippen LogP contribution in [-0.2, 0) is 23.0 Å². The first kappa shape index (κ1) is 16.7. The number of hydrogen-bond acceptors (Lipinski definition) is 7. The molecule has 1 aliphatic heterocycles. The van der Waals surface area contributed by atoms with Crippen molar-refractivity contribution in [3.8, 4) is 11.4 Å². The summed E-state index contributed by atoms with van der Waals surface area (Å²) >= 11 is 0. The van der Waals surface area contributed by atoms with E-state index in [0.29, 0.717) is 25.6 Å². The molecule has 134 valence electrons. The van der Waals surface area contributed by atoms with Gasteiger partial charge < -0.3 is 9.30 Å². The summed E-state index contributed by atoms with van der Waals surface area (Å²) in [5.41, 5.74) is 1.73. The molecule has 8 nitrogen and oxygen atoms in total. The smallest absolute Gasteiger partial charge is 0.163 e. The Balaban J connectivity index is 1.52. The number of ketones is 1. The first-order valence-electron chi connectivity index (χ1n) is 8.61. The fourth-order valence-corrected chi connectivity index (χ4v) is 3.07. The third-order valence-corrected chi connectivity index (χ3v) is 4.46. The fraction of sp³-hybridized carbons (Fsp3) is 0.389. The minimum Gasteiger partial charge on any atom is -0.379 e. The van der Waals surface area contributed by atoms with E-state index in [4.69, 9.17) is 4.74 Å². The van der Waals surface area contributed by atoms with Crippen molar-refractivity contribution < 1.29 is 9.53 Å². The maximum absolute atomic E-state index is 12.3. The van der Waals surface area contributed by atoms with Gasteiger partial charge in [-0.1, -0.05) is 12.1 Å². The van der Waals surface area contributed by atoms with Gasteiger partial charge in [-0.25, -0.2) is 9.97 Å². The largest absolute Gasteiger partial charge is 0.379 e. The van der Waals surface area contributed by atoms with Crippen LogP contribution in [0.3, 0.4) is 0 Å². The molecule has 1 fully saturated rings. The standard InChI is InChI=1S/C18H20N6O2/c1-23-12-20-22-18(23)13-2-3-14-10-19-17(21-16(14)8-13)9-15(25)11-24-4-6-26-7-5-24/h2-3,8,10,12H,4-7,9,11H2,1H3. The highest BCUT2D eigenvalue weighted by atomic mass is 16.5. The monoisotopic (exact) mass is 352 g/mol. The summed E-state index contributed by atoms with van der Waals surface area (Å²) in [4.78, 5) is 23.4. The fourth-order valence-electron chi connectivity index (χ4n) is 3.07. The van der Waals surface area contributed by atoms with Crippen molar-refractivity contribution in [2.24, 2.45) is 7.05 Å². The average Bonchev–Trinajstić information content (AvgIpc) is 3.08. The van der Waals surface area contributed by atoms with Gasteiger partial charge in [0.1, 0.15) is 12.2 Å². The molecular weight excluding hydrogens is 332 g/mol. The number of morpholine rings is 1. The zero-order valence-corrected chi connectivity index (χ0v) is 14.6. The highest BCUT2D eigenvalue weighted by molar-refractivity contribution is 5.84. The van der Waals surface area contributed by atoms with Crippen molar-refractivity contribution in [1.29, 1.82) is 0 Å². The van der Waals surface area contributed by atoms with Gasteiger partial charge in [0.25, 0.3) is 0 Å². The van der Waals surface area contributed by atoms with Gasteiger partial charge in [0.05, 0.1) is 31.7 Å². The summed E-state index contributed by atoms with van der Waals surface area (Å²) in [6, 6.07) is 5.88. The molecule has 1 aliphatic rings. The van der Waals surface area contributed by atoms with Crippen molar-refractivity contribution in [3.05, 3.63) is 36.5 Å². The minimum absolute atomic E-state index is 0.121. The molecule has 0 amide bonds. The lowest BCUT2D eigenvalue weighted by Crippen LogP contribution is -2.40. The minimum atomic E-state index is 0.121. The topological polar surface area (TPSA) is 86.0 Å². The van der Waals surface area contributed by atoms with Crippen LogP contribution >= 0.6 is 0 Å². The third-order valence-electron chi connectivity index (χ3n) is 4.46. The van der Waals surface area contributed by atoms with Crippen LogP contribution < -0.4 is 0 Å². The zero-order valence-electron chi connectivity index (χ0n) is 14.6. The lowest BCUT2D eigenvalue weighted by molar-refractivity contribution is -0.120. The van der Waals surface area contributed by atoms with Crippen LogP contribution in [0.15, 0.2) is 30.7 Å². The van der Waals surface area contributed by atoms with E-state index < -0.39 is 0 Å². The maximum Gasteiger partial charge on any atom is 0.163 e. The van der Waals surface area contributed by atoms with Crippen LogP contribution in [0.4, 0.5) is 0 Å². The second-order valence-electron chi connectivity index (χ2n) is 6.43. The summed E-state index contributed by atoms with van der Waals surface area (Å²) in [5, 5.41) is 8.97. The lowest BCUT2D eigenvalue weighted by Gasteiger charge is -2.25. The molecule has 4 rings (SSSR count). The van der Waals surface area contributed by atoms with Gasteiger partial charge in [0.2, 0.25) is 0 Å². The molecule has 3 aromatic rings. The molecule has 0 radical (unpaired) electrons. The third kappa shape index (κ3) is 3.61. The van der Waals surface area contributed by atoms with Crippen LogP contribution in [0.5, 0.6) is 0 Å². The van der Waals surface area contributed by atoms with Gasteiger partial charge in [-0.15, -0.1) is 10.2 Å². The van der Waals surface area contributed by atoms with Crippen molar-refractivity contribution in [1.82, 2.24) is 29.6 Å². The Labute approximate surface area is 150 Å². The van der Waals surface area contributed by atoms with Crippen LogP contribution in [0, 0.1) is 0 Å². The Bertz CT molecular complexity index is 932. The summed E-state index contributed by atoms with van der Waals surface area (Å²) in [6.45, 7) is 3.38. The first-order chi connectivity index (χ1) is 12.7. The van der Waals surface area contributed by atoms with Gasteiger partial charge >= 0.3 is 0 Å². The number of ether oxygens (including phenoxy) is 1. The Morgan fingerprint density at radius 3 is 2.88 bits per heavy atom. The number of aryl methyl sites for hydroxylation is 1. The number of benzene rings is 1. The van der Waals surface area contributed by atoms with Gasteiger partial charge in [-0.05, 0) is 6.07 Å². The lowest BCUT2D eigenvalue weighted by atomic mass is 10.1. The number of Topliss-reactive ketones (excluding diaryl/α,β-unsaturated/α-hetero) is 1. The van der Waals surface area contributed by atoms with E-state index in [2.05, 4.69) is 25.1 Å². The van der Waals surface area contributed by atoms with E-state index in [0.717, 1.165) is 35.4 Å². The normalized spacial score (nSPS) is 15.4.